The second-order valence-corrected chi connectivity index (χ2v) is 6.48. The van der Waals surface area contributed by atoms with Crippen molar-refractivity contribution in [3.05, 3.63) is 46.9 Å². The normalized spacial score (nSPS) is 11.5. The van der Waals surface area contributed by atoms with Crippen molar-refractivity contribution in [3.63, 3.8) is 0 Å². The molecule has 140 valence electrons. The van der Waals surface area contributed by atoms with Crippen LogP contribution >= 0.6 is 11.6 Å². The van der Waals surface area contributed by atoms with E-state index < -0.39 is 17.6 Å². The van der Waals surface area contributed by atoms with Gasteiger partial charge < -0.3 is 10.6 Å². The molecular formula is C17H18ClF3N4O. The van der Waals surface area contributed by atoms with Crippen LogP contribution in [0.5, 0.6) is 0 Å². The molecule has 0 saturated carbocycles. The van der Waals surface area contributed by atoms with Crippen LogP contribution in [0.1, 0.15) is 36.3 Å². The standard InChI is InChI=1S/C17H18ClF3N4O/c1-10(2)5-6-22-15-8-14(23-9-24-15)16(26)25-13-4-3-11(18)7-12(13)17(19,20)21/h3-4,7-10H,5-6H2,1-2H3,(H,25,26)(H,22,23,24). The highest BCUT2D eigenvalue weighted by Crippen LogP contribution is 2.36. The van der Waals surface area contributed by atoms with Crippen molar-refractivity contribution in [2.75, 3.05) is 17.2 Å². The summed E-state index contributed by atoms with van der Waals surface area (Å²) in [5.41, 5.74) is -1.46. The molecule has 1 amide bonds. The minimum atomic E-state index is -4.65. The molecule has 0 bridgehead atoms. The number of benzene rings is 1. The van der Waals surface area contributed by atoms with Gasteiger partial charge in [0.05, 0.1) is 11.3 Å². The monoisotopic (exact) mass is 386 g/mol. The predicted molar refractivity (Wildman–Crippen MR) is 94.4 cm³/mol. The average molecular weight is 387 g/mol. The molecule has 0 aliphatic rings. The summed E-state index contributed by atoms with van der Waals surface area (Å²) >= 11 is 5.63. The zero-order valence-corrected chi connectivity index (χ0v) is 14.9. The van der Waals surface area contributed by atoms with Crippen molar-refractivity contribution in [2.45, 2.75) is 26.4 Å². The van der Waals surface area contributed by atoms with Gasteiger partial charge in [-0.2, -0.15) is 13.2 Å². The molecule has 0 spiro atoms. The summed E-state index contributed by atoms with van der Waals surface area (Å²) < 4.78 is 39.3. The number of aromatic nitrogens is 2. The third-order valence-electron chi connectivity index (χ3n) is 3.46. The lowest BCUT2D eigenvalue weighted by Gasteiger charge is -2.14. The van der Waals surface area contributed by atoms with Gasteiger partial charge in [0.15, 0.2) is 0 Å². The summed E-state index contributed by atoms with van der Waals surface area (Å²) in [5.74, 6) is 0.155. The lowest BCUT2D eigenvalue weighted by atomic mass is 10.1. The number of amides is 1. The molecule has 0 unspecified atom stereocenters. The van der Waals surface area contributed by atoms with Gasteiger partial charge >= 0.3 is 6.18 Å². The van der Waals surface area contributed by atoms with Crippen molar-refractivity contribution in [1.82, 2.24) is 9.97 Å². The molecule has 1 heterocycles. The number of alkyl halides is 3. The van der Waals surface area contributed by atoms with E-state index in [2.05, 4.69) is 34.4 Å². The maximum absolute atomic E-state index is 13.1. The molecule has 2 aromatic rings. The molecule has 1 aromatic carbocycles. The topological polar surface area (TPSA) is 66.9 Å². The minimum Gasteiger partial charge on any atom is -0.370 e. The Kier molecular flexibility index (Phi) is 6.42. The first-order valence-corrected chi connectivity index (χ1v) is 8.28. The molecule has 5 nitrogen and oxygen atoms in total. The highest BCUT2D eigenvalue weighted by atomic mass is 35.5. The van der Waals surface area contributed by atoms with Crippen molar-refractivity contribution in [2.24, 2.45) is 5.92 Å². The molecule has 9 heteroatoms. The Bertz CT molecular complexity index is 781. The van der Waals surface area contributed by atoms with Gasteiger partial charge in [0, 0.05) is 17.6 Å². The summed E-state index contributed by atoms with van der Waals surface area (Å²) in [6.45, 7) is 4.81. The van der Waals surface area contributed by atoms with Gasteiger partial charge in [-0.25, -0.2) is 9.97 Å². The molecule has 0 radical (unpaired) electrons. The zero-order valence-electron chi connectivity index (χ0n) is 14.2. The van der Waals surface area contributed by atoms with E-state index in [-0.39, 0.29) is 16.4 Å². The molecule has 0 aliphatic heterocycles. The third kappa shape index (κ3) is 5.59. The number of rotatable bonds is 6. The second-order valence-electron chi connectivity index (χ2n) is 6.04. The number of nitrogens with zero attached hydrogens (tertiary/aromatic N) is 2. The Morgan fingerprint density at radius 1 is 1.23 bits per heavy atom. The fourth-order valence-corrected chi connectivity index (χ4v) is 2.29. The predicted octanol–water partition coefficient (Wildman–Crippen LogP) is 4.86. The quantitative estimate of drug-likeness (QED) is 0.744. The SMILES string of the molecule is CC(C)CCNc1cc(C(=O)Nc2ccc(Cl)cc2C(F)(F)F)ncn1. The number of carbonyl (C=O) groups excluding carboxylic acids is 1. The first-order chi connectivity index (χ1) is 12.2. The van der Waals surface area contributed by atoms with Gasteiger partial charge in [0.2, 0.25) is 0 Å². The van der Waals surface area contributed by atoms with Crippen LogP contribution in [0.4, 0.5) is 24.7 Å². The van der Waals surface area contributed by atoms with Crippen LogP contribution in [-0.4, -0.2) is 22.4 Å². The first-order valence-electron chi connectivity index (χ1n) is 7.91. The summed E-state index contributed by atoms with van der Waals surface area (Å²) in [6, 6.07) is 4.52. The highest BCUT2D eigenvalue weighted by Gasteiger charge is 2.34. The van der Waals surface area contributed by atoms with Crippen LogP contribution < -0.4 is 10.6 Å². The Morgan fingerprint density at radius 3 is 2.62 bits per heavy atom. The number of anilines is 2. The highest BCUT2D eigenvalue weighted by molar-refractivity contribution is 6.30. The van der Waals surface area contributed by atoms with E-state index in [4.69, 9.17) is 11.6 Å². The molecule has 26 heavy (non-hydrogen) atoms. The Morgan fingerprint density at radius 2 is 1.96 bits per heavy atom. The van der Waals surface area contributed by atoms with E-state index in [0.717, 1.165) is 18.6 Å². The van der Waals surface area contributed by atoms with E-state index >= 15 is 0 Å². The largest absolute Gasteiger partial charge is 0.418 e. The fourth-order valence-electron chi connectivity index (χ4n) is 2.11. The molecule has 2 N–H and O–H groups in total. The van der Waals surface area contributed by atoms with Crippen LogP contribution in [-0.2, 0) is 6.18 Å². The van der Waals surface area contributed by atoms with Crippen molar-refractivity contribution in [1.29, 1.82) is 0 Å². The summed E-state index contributed by atoms with van der Waals surface area (Å²) in [4.78, 5) is 20.1. The number of hydrogen-bond acceptors (Lipinski definition) is 4. The van der Waals surface area contributed by atoms with Crippen LogP contribution in [0.3, 0.4) is 0 Å². The van der Waals surface area contributed by atoms with Crippen LogP contribution in [0, 0.1) is 5.92 Å². The van der Waals surface area contributed by atoms with E-state index in [0.29, 0.717) is 18.3 Å². The number of nitrogens with one attached hydrogen (secondary N) is 2. The summed E-state index contributed by atoms with van der Waals surface area (Å²) in [7, 11) is 0. The van der Waals surface area contributed by atoms with Gasteiger partial charge in [0.25, 0.3) is 5.91 Å². The first kappa shape index (κ1) is 20.0. The zero-order chi connectivity index (χ0) is 19.3. The smallest absolute Gasteiger partial charge is 0.370 e. The molecule has 0 fully saturated rings. The Balaban J connectivity index is 2.16. The van der Waals surface area contributed by atoms with E-state index in [1.165, 1.54) is 18.5 Å². The lowest BCUT2D eigenvalue weighted by molar-refractivity contribution is -0.136. The van der Waals surface area contributed by atoms with Crippen molar-refractivity contribution >= 4 is 29.0 Å². The van der Waals surface area contributed by atoms with Crippen LogP contribution in [0.25, 0.3) is 0 Å². The maximum atomic E-state index is 13.1. The summed E-state index contributed by atoms with van der Waals surface area (Å²) in [5, 5.41) is 5.20. The van der Waals surface area contributed by atoms with Gasteiger partial charge in [-0.15, -0.1) is 0 Å². The number of halogens is 4. The third-order valence-corrected chi connectivity index (χ3v) is 3.70. The molecule has 2 rings (SSSR count). The van der Waals surface area contributed by atoms with Crippen LogP contribution in [0.2, 0.25) is 5.02 Å². The second kappa shape index (κ2) is 8.35. The van der Waals surface area contributed by atoms with Gasteiger partial charge in [-0.3, -0.25) is 4.79 Å². The molecular weight excluding hydrogens is 369 g/mol. The van der Waals surface area contributed by atoms with Gasteiger partial charge in [0.1, 0.15) is 17.8 Å². The molecule has 0 aliphatic carbocycles. The van der Waals surface area contributed by atoms with E-state index in [1.807, 2.05) is 0 Å². The van der Waals surface area contributed by atoms with Gasteiger partial charge in [-0.05, 0) is 30.5 Å². The molecule has 0 saturated heterocycles. The van der Waals surface area contributed by atoms with Gasteiger partial charge in [-0.1, -0.05) is 25.4 Å². The Labute approximate surface area is 154 Å². The number of hydrogen-bond donors (Lipinski definition) is 2. The summed E-state index contributed by atoms with van der Waals surface area (Å²) in [6.07, 6.45) is -2.56. The number of carbonyl (C=O) groups is 1. The lowest BCUT2D eigenvalue weighted by Crippen LogP contribution is -2.18. The molecule has 1 aromatic heterocycles. The van der Waals surface area contributed by atoms with E-state index in [1.54, 1.807) is 0 Å². The van der Waals surface area contributed by atoms with Crippen molar-refractivity contribution < 1.29 is 18.0 Å². The maximum Gasteiger partial charge on any atom is 0.418 e. The fraction of sp³-hybridized carbons (Fsp3) is 0.353. The molecule has 0 atom stereocenters. The van der Waals surface area contributed by atoms with Crippen molar-refractivity contribution in [3.8, 4) is 0 Å². The Hall–Kier alpha value is -2.35. The van der Waals surface area contributed by atoms with E-state index in [9.17, 15) is 18.0 Å². The minimum absolute atomic E-state index is 0.0462. The average Bonchev–Trinajstić information content (AvgIpc) is 2.55. The van der Waals surface area contributed by atoms with Crippen LogP contribution in [0.15, 0.2) is 30.6 Å².